The molecule has 92 valence electrons. The molecule has 0 saturated carbocycles. The summed E-state index contributed by atoms with van der Waals surface area (Å²) >= 11 is 0. The molecule has 2 atom stereocenters. The highest BCUT2D eigenvalue weighted by molar-refractivity contribution is 5.90. The van der Waals surface area contributed by atoms with E-state index in [1.54, 1.807) is 13.8 Å². The summed E-state index contributed by atoms with van der Waals surface area (Å²) < 4.78 is 0. The smallest absolute Gasteiger partial charge is 0.326 e. The Kier molecular flexibility index (Phi) is 5.44. The Morgan fingerprint density at radius 1 is 1.31 bits per heavy atom. The van der Waals surface area contributed by atoms with E-state index < -0.39 is 36.3 Å². The predicted octanol–water partition coefficient (Wildman–Crippen LogP) is -1.59. The maximum Gasteiger partial charge on any atom is 0.326 e. The Labute approximate surface area is 93.2 Å². The van der Waals surface area contributed by atoms with Crippen LogP contribution in [0.4, 0.5) is 0 Å². The largest absolute Gasteiger partial charge is 0.480 e. The molecule has 0 aromatic rings. The molecule has 0 fully saturated rings. The van der Waals surface area contributed by atoms with Crippen molar-refractivity contribution in [2.75, 3.05) is 0 Å². The number of hydrogen-bond donors (Lipinski definition) is 4. The fourth-order valence-electron chi connectivity index (χ4n) is 0.972. The van der Waals surface area contributed by atoms with Crippen molar-refractivity contribution in [2.24, 2.45) is 17.4 Å². The second-order valence-electron chi connectivity index (χ2n) is 3.84. The fourth-order valence-corrected chi connectivity index (χ4v) is 0.972. The summed E-state index contributed by atoms with van der Waals surface area (Å²) in [7, 11) is 0. The van der Waals surface area contributed by atoms with Gasteiger partial charge in [0.25, 0.3) is 0 Å². The number of primary amides is 1. The van der Waals surface area contributed by atoms with Gasteiger partial charge in [-0.15, -0.1) is 0 Å². The third-order valence-corrected chi connectivity index (χ3v) is 2.04. The Morgan fingerprint density at radius 2 is 1.81 bits per heavy atom. The monoisotopic (exact) mass is 231 g/mol. The lowest BCUT2D eigenvalue weighted by Crippen LogP contribution is -2.51. The highest BCUT2D eigenvalue weighted by Gasteiger charge is 2.25. The van der Waals surface area contributed by atoms with Crippen LogP contribution in [0.1, 0.15) is 20.3 Å². The first-order valence-electron chi connectivity index (χ1n) is 4.82. The minimum Gasteiger partial charge on any atom is -0.480 e. The van der Waals surface area contributed by atoms with Crippen molar-refractivity contribution < 1.29 is 19.5 Å². The van der Waals surface area contributed by atoms with Gasteiger partial charge in [-0.25, -0.2) is 4.79 Å². The van der Waals surface area contributed by atoms with Gasteiger partial charge in [0.1, 0.15) is 6.04 Å². The zero-order valence-corrected chi connectivity index (χ0v) is 9.27. The van der Waals surface area contributed by atoms with Crippen LogP contribution in [0.5, 0.6) is 0 Å². The normalized spacial score (nSPS) is 14.2. The third-order valence-electron chi connectivity index (χ3n) is 2.04. The molecule has 0 aliphatic carbocycles. The van der Waals surface area contributed by atoms with Crippen molar-refractivity contribution in [2.45, 2.75) is 32.4 Å². The molecule has 2 amide bonds. The first kappa shape index (κ1) is 14.4. The zero-order valence-electron chi connectivity index (χ0n) is 9.27. The van der Waals surface area contributed by atoms with Crippen LogP contribution >= 0.6 is 0 Å². The van der Waals surface area contributed by atoms with Crippen molar-refractivity contribution in [3.63, 3.8) is 0 Å². The molecule has 0 rings (SSSR count). The number of carbonyl (C=O) groups is 3. The van der Waals surface area contributed by atoms with Crippen LogP contribution in [0.2, 0.25) is 0 Å². The SMILES string of the molecule is CC(C)[C@H](N)C(=O)NC(CC(N)=O)C(=O)O. The number of carboxylic acid groups (broad SMARTS) is 1. The van der Waals surface area contributed by atoms with Crippen molar-refractivity contribution in [3.8, 4) is 0 Å². The maximum absolute atomic E-state index is 11.4. The standard InChI is InChI=1S/C9H17N3O4/c1-4(2)7(11)8(14)12-5(9(15)16)3-6(10)13/h4-5,7H,3,11H2,1-2H3,(H2,10,13)(H,12,14)(H,15,16)/t5?,7-/m0/s1. The summed E-state index contributed by atoms with van der Waals surface area (Å²) in [6, 6.07) is -2.13. The van der Waals surface area contributed by atoms with Crippen LogP contribution in [-0.4, -0.2) is 35.0 Å². The molecular formula is C9H17N3O4. The van der Waals surface area contributed by atoms with Crippen LogP contribution < -0.4 is 16.8 Å². The molecule has 7 nitrogen and oxygen atoms in total. The molecule has 16 heavy (non-hydrogen) atoms. The van der Waals surface area contributed by atoms with Gasteiger partial charge in [-0.1, -0.05) is 13.8 Å². The van der Waals surface area contributed by atoms with E-state index in [4.69, 9.17) is 16.6 Å². The number of carboxylic acids is 1. The Morgan fingerprint density at radius 3 is 2.12 bits per heavy atom. The molecule has 0 radical (unpaired) electrons. The van der Waals surface area contributed by atoms with Crippen LogP contribution in [0.25, 0.3) is 0 Å². The Hall–Kier alpha value is -1.63. The van der Waals surface area contributed by atoms with Gasteiger partial charge in [0.15, 0.2) is 0 Å². The molecule has 0 aliphatic rings. The van der Waals surface area contributed by atoms with Gasteiger partial charge in [0.2, 0.25) is 11.8 Å². The van der Waals surface area contributed by atoms with Crippen molar-refractivity contribution in [3.05, 3.63) is 0 Å². The van der Waals surface area contributed by atoms with Crippen LogP contribution in [0.15, 0.2) is 0 Å². The summed E-state index contributed by atoms with van der Waals surface area (Å²) in [5.74, 6) is -2.85. The van der Waals surface area contributed by atoms with Gasteiger partial charge >= 0.3 is 5.97 Å². The van der Waals surface area contributed by atoms with Gasteiger partial charge in [-0.3, -0.25) is 9.59 Å². The predicted molar refractivity (Wildman–Crippen MR) is 56.2 cm³/mol. The molecule has 1 unspecified atom stereocenters. The average molecular weight is 231 g/mol. The minimum atomic E-state index is -1.32. The summed E-state index contributed by atoms with van der Waals surface area (Å²) in [6.07, 6.45) is -0.452. The highest BCUT2D eigenvalue weighted by Crippen LogP contribution is 2.00. The number of aliphatic carboxylic acids is 1. The summed E-state index contributed by atoms with van der Waals surface area (Å²) in [5, 5.41) is 10.9. The Balaban J connectivity index is 4.46. The van der Waals surface area contributed by atoms with E-state index in [1.807, 2.05) is 0 Å². The first-order chi connectivity index (χ1) is 7.25. The van der Waals surface area contributed by atoms with E-state index in [0.29, 0.717) is 0 Å². The molecular weight excluding hydrogens is 214 g/mol. The topological polar surface area (TPSA) is 136 Å². The van der Waals surface area contributed by atoms with Crippen molar-refractivity contribution >= 4 is 17.8 Å². The van der Waals surface area contributed by atoms with Crippen LogP contribution in [0, 0.1) is 5.92 Å². The van der Waals surface area contributed by atoms with E-state index in [9.17, 15) is 14.4 Å². The molecule has 7 heteroatoms. The van der Waals surface area contributed by atoms with E-state index in [2.05, 4.69) is 5.32 Å². The third kappa shape index (κ3) is 4.74. The highest BCUT2D eigenvalue weighted by atomic mass is 16.4. The first-order valence-corrected chi connectivity index (χ1v) is 4.82. The van der Waals surface area contributed by atoms with Crippen molar-refractivity contribution in [1.82, 2.24) is 5.32 Å². The lowest BCUT2D eigenvalue weighted by molar-refractivity contribution is -0.143. The van der Waals surface area contributed by atoms with E-state index in [1.165, 1.54) is 0 Å². The van der Waals surface area contributed by atoms with E-state index in [-0.39, 0.29) is 5.92 Å². The number of amides is 2. The summed E-state index contributed by atoms with van der Waals surface area (Å²) in [6.45, 7) is 3.46. The molecule has 6 N–H and O–H groups in total. The summed E-state index contributed by atoms with van der Waals surface area (Å²) in [4.78, 5) is 32.7. The molecule has 0 bridgehead atoms. The number of rotatable bonds is 6. The number of carbonyl (C=O) groups excluding carboxylic acids is 2. The van der Waals surface area contributed by atoms with E-state index >= 15 is 0 Å². The zero-order chi connectivity index (χ0) is 12.9. The van der Waals surface area contributed by atoms with Crippen molar-refractivity contribution in [1.29, 1.82) is 0 Å². The van der Waals surface area contributed by atoms with Crippen LogP contribution in [0.3, 0.4) is 0 Å². The second kappa shape index (κ2) is 6.06. The molecule has 0 aromatic heterocycles. The number of nitrogens with two attached hydrogens (primary N) is 2. The molecule has 0 spiro atoms. The van der Waals surface area contributed by atoms with Gasteiger partial charge < -0.3 is 21.9 Å². The summed E-state index contributed by atoms with van der Waals surface area (Å²) in [5.41, 5.74) is 10.4. The van der Waals surface area contributed by atoms with Gasteiger partial charge in [-0.05, 0) is 5.92 Å². The quantitative estimate of drug-likeness (QED) is 0.437. The maximum atomic E-state index is 11.4. The number of hydrogen-bond acceptors (Lipinski definition) is 4. The second-order valence-corrected chi connectivity index (χ2v) is 3.84. The molecule has 0 heterocycles. The molecule has 0 aromatic carbocycles. The van der Waals surface area contributed by atoms with Gasteiger partial charge in [0.05, 0.1) is 12.5 Å². The minimum absolute atomic E-state index is 0.122. The Bertz CT molecular complexity index is 290. The lowest BCUT2D eigenvalue weighted by atomic mass is 10.0. The molecule has 0 saturated heterocycles. The van der Waals surface area contributed by atoms with Gasteiger partial charge in [0, 0.05) is 0 Å². The lowest BCUT2D eigenvalue weighted by Gasteiger charge is -2.18. The van der Waals surface area contributed by atoms with Gasteiger partial charge in [-0.2, -0.15) is 0 Å². The fraction of sp³-hybridized carbons (Fsp3) is 0.667. The van der Waals surface area contributed by atoms with E-state index in [0.717, 1.165) is 0 Å². The number of nitrogens with one attached hydrogen (secondary N) is 1. The molecule has 0 aliphatic heterocycles. The van der Waals surface area contributed by atoms with Crippen LogP contribution in [-0.2, 0) is 14.4 Å². The average Bonchev–Trinajstić information content (AvgIpc) is 2.14.